The standard InChI is InChI=1S/C16H17IO3/c1-11-14(17)8-9-16(11,12(2)18)15(19)20-10-13-6-4-3-5-7-13/h3-7H,8-10H2,1-2H3. The highest BCUT2D eigenvalue weighted by Crippen LogP contribution is 2.46. The number of allylic oxidation sites excluding steroid dienone is 1. The fourth-order valence-corrected chi connectivity index (χ4v) is 3.32. The van der Waals surface area contributed by atoms with Crippen LogP contribution in [0, 0.1) is 5.41 Å². The summed E-state index contributed by atoms with van der Waals surface area (Å²) in [5, 5.41) is 0. The molecule has 1 aromatic carbocycles. The summed E-state index contributed by atoms with van der Waals surface area (Å²) < 4.78 is 6.49. The monoisotopic (exact) mass is 384 g/mol. The van der Waals surface area contributed by atoms with Crippen molar-refractivity contribution in [2.24, 2.45) is 5.41 Å². The molecule has 0 aliphatic heterocycles. The molecule has 1 unspecified atom stereocenters. The van der Waals surface area contributed by atoms with Gasteiger partial charge in [0, 0.05) is 0 Å². The van der Waals surface area contributed by atoms with Gasteiger partial charge in [0.25, 0.3) is 0 Å². The van der Waals surface area contributed by atoms with Crippen LogP contribution in [-0.4, -0.2) is 11.8 Å². The second-order valence-corrected chi connectivity index (χ2v) is 6.36. The van der Waals surface area contributed by atoms with Crippen molar-refractivity contribution in [3.05, 3.63) is 45.0 Å². The summed E-state index contributed by atoms with van der Waals surface area (Å²) in [7, 11) is 0. The number of Topliss-reactive ketones (excluding diaryl/α,β-unsaturated/α-hetero) is 1. The normalized spacial score (nSPS) is 21.9. The lowest BCUT2D eigenvalue weighted by atomic mass is 9.78. The fraction of sp³-hybridized carbons (Fsp3) is 0.375. The highest BCUT2D eigenvalue weighted by Gasteiger charge is 2.50. The van der Waals surface area contributed by atoms with Gasteiger partial charge in [0.05, 0.1) is 0 Å². The Morgan fingerprint density at radius 2 is 1.95 bits per heavy atom. The Balaban J connectivity index is 2.16. The van der Waals surface area contributed by atoms with Crippen molar-refractivity contribution >= 4 is 34.3 Å². The number of hydrogen-bond donors (Lipinski definition) is 0. The first-order chi connectivity index (χ1) is 9.48. The van der Waals surface area contributed by atoms with E-state index < -0.39 is 11.4 Å². The average Bonchev–Trinajstić information content (AvgIpc) is 2.75. The van der Waals surface area contributed by atoms with Crippen LogP contribution in [0.5, 0.6) is 0 Å². The van der Waals surface area contributed by atoms with Gasteiger partial charge >= 0.3 is 5.97 Å². The number of rotatable bonds is 4. The third kappa shape index (κ3) is 2.66. The van der Waals surface area contributed by atoms with Gasteiger partial charge in [-0.25, -0.2) is 0 Å². The number of benzene rings is 1. The fourth-order valence-electron chi connectivity index (χ4n) is 2.59. The molecular weight excluding hydrogens is 367 g/mol. The minimum Gasteiger partial charge on any atom is -0.460 e. The SMILES string of the molecule is CC(=O)C1(C(=O)OCc2ccccc2)CCC(I)=C1C. The van der Waals surface area contributed by atoms with Crippen molar-refractivity contribution in [1.82, 2.24) is 0 Å². The van der Waals surface area contributed by atoms with Crippen molar-refractivity contribution in [2.75, 3.05) is 0 Å². The summed E-state index contributed by atoms with van der Waals surface area (Å²) in [5.74, 6) is -0.544. The minimum atomic E-state index is -1.06. The lowest BCUT2D eigenvalue weighted by Gasteiger charge is -2.25. The van der Waals surface area contributed by atoms with Gasteiger partial charge in [-0.2, -0.15) is 0 Å². The van der Waals surface area contributed by atoms with Crippen LogP contribution in [0.3, 0.4) is 0 Å². The van der Waals surface area contributed by atoms with Crippen LogP contribution in [-0.2, 0) is 20.9 Å². The van der Waals surface area contributed by atoms with Crippen LogP contribution >= 0.6 is 22.6 Å². The molecule has 0 saturated heterocycles. The summed E-state index contributed by atoms with van der Waals surface area (Å²) in [4.78, 5) is 24.5. The Kier molecular flexibility index (Phi) is 4.62. The highest BCUT2D eigenvalue weighted by molar-refractivity contribution is 14.1. The van der Waals surface area contributed by atoms with E-state index in [4.69, 9.17) is 4.74 Å². The summed E-state index contributed by atoms with van der Waals surface area (Å²) in [6, 6.07) is 9.50. The lowest BCUT2D eigenvalue weighted by Crippen LogP contribution is -2.38. The molecule has 0 fully saturated rings. The van der Waals surface area contributed by atoms with Crippen molar-refractivity contribution in [3.63, 3.8) is 0 Å². The van der Waals surface area contributed by atoms with E-state index in [9.17, 15) is 9.59 Å². The Labute approximate surface area is 132 Å². The van der Waals surface area contributed by atoms with Gasteiger partial charge in [-0.3, -0.25) is 9.59 Å². The van der Waals surface area contributed by atoms with Gasteiger partial charge in [-0.05, 0) is 64.0 Å². The Morgan fingerprint density at radius 3 is 2.45 bits per heavy atom. The first-order valence-corrected chi connectivity index (χ1v) is 7.64. The van der Waals surface area contributed by atoms with Gasteiger partial charge in [0.1, 0.15) is 12.0 Å². The number of halogens is 1. The maximum absolute atomic E-state index is 12.5. The molecular formula is C16H17IO3. The van der Waals surface area contributed by atoms with Crippen LogP contribution in [0.1, 0.15) is 32.3 Å². The maximum Gasteiger partial charge on any atom is 0.324 e. The third-order valence-corrected chi connectivity index (χ3v) is 5.28. The smallest absolute Gasteiger partial charge is 0.324 e. The molecule has 3 nitrogen and oxygen atoms in total. The zero-order valence-electron chi connectivity index (χ0n) is 11.6. The molecule has 0 bridgehead atoms. The van der Waals surface area contributed by atoms with Gasteiger partial charge < -0.3 is 4.74 Å². The molecule has 0 N–H and O–H groups in total. The predicted molar refractivity (Wildman–Crippen MR) is 85.3 cm³/mol. The molecule has 1 aromatic rings. The second-order valence-electron chi connectivity index (χ2n) is 5.05. The van der Waals surface area contributed by atoms with Crippen LogP contribution in [0.15, 0.2) is 39.5 Å². The Hall–Kier alpha value is -1.17. The lowest BCUT2D eigenvalue weighted by molar-refractivity contribution is -0.158. The first-order valence-electron chi connectivity index (χ1n) is 6.56. The molecule has 0 aromatic heterocycles. The van der Waals surface area contributed by atoms with E-state index in [0.29, 0.717) is 6.42 Å². The summed E-state index contributed by atoms with van der Waals surface area (Å²) in [5.41, 5.74) is 0.711. The number of ketones is 1. The van der Waals surface area contributed by atoms with E-state index in [-0.39, 0.29) is 12.4 Å². The summed E-state index contributed by atoms with van der Waals surface area (Å²) in [6.45, 7) is 3.54. The van der Waals surface area contributed by atoms with E-state index in [1.54, 1.807) is 0 Å². The molecule has 1 aliphatic carbocycles. The van der Waals surface area contributed by atoms with Gasteiger partial charge in [-0.1, -0.05) is 30.3 Å². The maximum atomic E-state index is 12.5. The van der Waals surface area contributed by atoms with Crippen LogP contribution in [0.25, 0.3) is 0 Å². The quantitative estimate of drug-likeness (QED) is 0.451. The molecule has 0 amide bonds. The third-order valence-electron chi connectivity index (χ3n) is 3.93. The second kappa shape index (κ2) is 6.08. The number of carbonyl (C=O) groups excluding carboxylic acids is 2. The molecule has 4 heteroatoms. The van der Waals surface area contributed by atoms with Crippen molar-refractivity contribution in [3.8, 4) is 0 Å². The molecule has 0 radical (unpaired) electrons. The molecule has 106 valence electrons. The molecule has 2 rings (SSSR count). The van der Waals surface area contributed by atoms with Crippen molar-refractivity contribution in [1.29, 1.82) is 0 Å². The van der Waals surface area contributed by atoms with Crippen molar-refractivity contribution < 1.29 is 14.3 Å². The van der Waals surface area contributed by atoms with Gasteiger partial charge in [-0.15, -0.1) is 0 Å². The van der Waals surface area contributed by atoms with E-state index >= 15 is 0 Å². The summed E-state index contributed by atoms with van der Waals surface area (Å²) in [6.07, 6.45) is 1.30. The molecule has 1 aliphatic rings. The Bertz CT molecular complexity index is 562. The van der Waals surface area contributed by atoms with Crippen molar-refractivity contribution in [2.45, 2.75) is 33.3 Å². The van der Waals surface area contributed by atoms with Gasteiger partial charge in [0.15, 0.2) is 5.78 Å². The molecule has 0 heterocycles. The molecule has 1 atom stereocenters. The number of esters is 1. The zero-order valence-corrected chi connectivity index (χ0v) is 13.8. The summed E-state index contributed by atoms with van der Waals surface area (Å²) >= 11 is 2.21. The van der Waals surface area contributed by atoms with E-state index in [2.05, 4.69) is 22.6 Å². The minimum absolute atomic E-state index is 0.125. The molecule has 20 heavy (non-hydrogen) atoms. The van der Waals surface area contributed by atoms with Gasteiger partial charge in [0.2, 0.25) is 0 Å². The number of hydrogen-bond acceptors (Lipinski definition) is 3. The molecule has 0 saturated carbocycles. The first kappa shape index (κ1) is 15.2. The number of carbonyl (C=O) groups is 2. The largest absolute Gasteiger partial charge is 0.460 e. The number of ether oxygens (including phenoxy) is 1. The van der Waals surface area contributed by atoms with Crippen LogP contribution in [0.2, 0.25) is 0 Å². The average molecular weight is 384 g/mol. The highest BCUT2D eigenvalue weighted by atomic mass is 127. The molecule has 0 spiro atoms. The topological polar surface area (TPSA) is 43.4 Å². The van der Waals surface area contributed by atoms with E-state index in [1.165, 1.54) is 6.92 Å². The Morgan fingerprint density at radius 1 is 1.30 bits per heavy atom. The van der Waals surface area contributed by atoms with E-state index in [1.807, 2.05) is 37.3 Å². The van der Waals surface area contributed by atoms with Crippen LogP contribution in [0.4, 0.5) is 0 Å². The predicted octanol–water partition coefficient (Wildman–Crippen LogP) is 3.81. The zero-order chi connectivity index (χ0) is 14.8. The van der Waals surface area contributed by atoms with E-state index in [0.717, 1.165) is 21.1 Å². The van der Waals surface area contributed by atoms with Crippen LogP contribution < -0.4 is 0 Å².